The Morgan fingerprint density at radius 3 is 2.17 bits per heavy atom. The summed E-state index contributed by atoms with van der Waals surface area (Å²) in [6.07, 6.45) is -5.56. The topological polar surface area (TPSA) is 54.7 Å². The molecular formula is C10H12F5N3. The van der Waals surface area contributed by atoms with Crippen LogP contribution in [0.4, 0.5) is 22.0 Å². The van der Waals surface area contributed by atoms with E-state index in [1.54, 1.807) is 0 Å². The molecule has 3 N–H and O–H groups in total. The molecule has 0 aromatic carbocycles. The van der Waals surface area contributed by atoms with Crippen molar-refractivity contribution in [3.8, 4) is 0 Å². The SMILES string of the molecule is NC1(c2cc(C(F)(F)F)n[nH]2)CCC(F)(F)CC1. The molecule has 1 heterocycles. The first-order chi connectivity index (χ1) is 8.12. The van der Waals surface area contributed by atoms with Gasteiger partial charge >= 0.3 is 6.18 Å². The zero-order valence-electron chi connectivity index (χ0n) is 9.32. The number of nitrogens with zero attached hydrogens (tertiary/aromatic N) is 1. The smallest absolute Gasteiger partial charge is 0.320 e. The Morgan fingerprint density at radius 2 is 1.72 bits per heavy atom. The minimum absolute atomic E-state index is 0.0605. The second kappa shape index (κ2) is 3.91. The van der Waals surface area contributed by atoms with Crippen LogP contribution >= 0.6 is 0 Å². The van der Waals surface area contributed by atoms with Crippen LogP contribution in [0, 0.1) is 0 Å². The highest BCUT2D eigenvalue weighted by molar-refractivity contribution is 5.20. The molecule has 1 aliphatic carbocycles. The van der Waals surface area contributed by atoms with Crippen molar-refractivity contribution < 1.29 is 22.0 Å². The van der Waals surface area contributed by atoms with Crippen LogP contribution in [-0.4, -0.2) is 16.1 Å². The van der Waals surface area contributed by atoms with Gasteiger partial charge in [-0.2, -0.15) is 18.3 Å². The molecule has 0 atom stereocenters. The Balaban J connectivity index is 2.19. The molecule has 1 aliphatic rings. The number of aromatic amines is 1. The van der Waals surface area contributed by atoms with Crippen molar-refractivity contribution in [3.05, 3.63) is 17.5 Å². The fourth-order valence-corrected chi connectivity index (χ4v) is 2.05. The lowest BCUT2D eigenvalue weighted by atomic mass is 9.78. The molecule has 1 aromatic rings. The van der Waals surface area contributed by atoms with Gasteiger partial charge in [0.1, 0.15) is 0 Å². The van der Waals surface area contributed by atoms with Crippen LogP contribution in [0.5, 0.6) is 0 Å². The van der Waals surface area contributed by atoms with Crippen molar-refractivity contribution in [3.63, 3.8) is 0 Å². The molecule has 1 aromatic heterocycles. The third-order valence-electron chi connectivity index (χ3n) is 3.28. The second-order valence-electron chi connectivity index (χ2n) is 4.68. The lowest BCUT2D eigenvalue weighted by molar-refractivity contribution is -0.141. The van der Waals surface area contributed by atoms with Crippen LogP contribution in [0.15, 0.2) is 6.07 Å². The first kappa shape index (κ1) is 13.3. The van der Waals surface area contributed by atoms with Crippen LogP contribution in [-0.2, 0) is 11.7 Å². The van der Waals surface area contributed by atoms with Gasteiger partial charge in [-0.15, -0.1) is 0 Å². The van der Waals surface area contributed by atoms with E-state index in [4.69, 9.17) is 5.73 Å². The Hall–Kier alpha value is -1.18. The monoisotopic (exact) mass is 269 g/mol. The largest absolute Gasteiger partial charge is 0.435 e. The summed E-state index contributed by atoms with van der Waals surface area (Å²) in [4.78, 5) is 0. The summed E-state index contributed by atoms with van der Waals surface area (Å²) in [7, 11) is 0. The number of H-pyrrole nitrogens is 1. The van der Waals surface area contributed by atoms with E-state index in [9.17, 15) is 22.0 Å². The number of nitrogens with one attached hydrogen (secondary N) is 1. The molecule has 0 radical (unpaired) electrons. The minimum atomic E-state index is -4.57. The van der Waals surface area contributed by atoms with E-state index in [-0.39, 0.29) is 18.5 Å². The van der Waals surface area contributed by atoms with Gasteiger partial charge in [0.05, 0.1) is 11.2 Å². The van der Waals surface area contributed by atoms with Crippen molar-refractivity contribution in [2.75, 3.05) is 0 Å². The first-order valence-electron chi connectivity index (χ1n) is 5.42. The predicted octanol–water partition coefficient (Wildman–Crippen LogP) is 2.79. The first-order valence-corrected chi connectivity index (χ1v) is 5.42. The fraction of sp³-hybridized carbons (Fsp3) is 0.700. The van der Waals surface area contributed by atoms with Crippen LogP contribution in [0.3, 0.4) is 0 Å². The van der Waals surface area contributed by atoms with E-state index in [0.29, 0.717) is 0 Å². The summed E-state index contributed by atoms with van der Waals surface area (Å²) in [5.74, 6) is -2.78. The van der Waals surface area contributed by atoms with E-state index >= 15 is 0 Å². The summed E-state index contributed by atoms with van der Waals surface area (Å²) in [5, 5.41) is 5.34. The predicted molar refractivity (Wildman–Crippen MR) is 52.9 cm³/mol. The van der Waals surface area contributed by atoms with Gasteiger partial charge in [0, 0.05) is 12.8 Å². The van der Waals surface area contributed by atoms with Gasteiger partial charge in [-0.05, 0) is 18.9 Å². The molecule has 0 amide bonds. The molecule has 102 valence electrons. The third kappa shape index (κ3) is 2.47. The molecule has 1 fully saturated rings. The summed E-state index contributed by atoms with van der Waals surface area (Å²) >= 11 is 0. The number of hydrogen-bond donors (Lipinski definition) is 2. The van der Waals surface area contributed by atoms with Crippen molar-refractivity contribution in [2.45, 2.75) is 43.3 Å². The highest BCUT2D eigenvalue weighted by Crippen LogP contribution is 2.42. The summed E-state index contributed by atoms with van der Waals surface area (Å²) in [6, 6.07) is 0.795. The van der Waals surface area contributed by atoms with Gasteiger partial charge in [0.2, 0.25) is 5.92 Å². The van der Waals surface area contributed by atoms with Gasteiger partial charge in [0.15, 0.2) is 5.69 Å². The zero-order chi connectivity index (χ0) is 13.6. The quantitative estimate of drug-likeness (QED) is 0.770. The number of alkyl halides is 5. The van der Waals surface area contributed by atoms with Gasteiger partial charge in [-0.3, -0.25) is 5.10 Å². The fourth-order valence-electron chi connectivity index (χ4n) is 2.05. The van der Waals surface area contributed by atoms with Crippen molar-refractivity contribution in [1.29, 1.82) is 0 Å². The zero-order valence-corrected chi connectivity index (χ0v) is 9.32. The summed E-state index contributed by atoms with van der Waals surface area (Å²) in [5.41, 5.74) is 3.68. The van der Waals surface area contributed by atoms with E-state index in [1.807, 2.05) is 0 Å². The lowest BCUT2D eigenvalue weighted by Crippen LogP contribution is -2.43. The molecule has 1 saturated carbocycles. The Kier molecular flexibility index (Phi) is 2.88. The highest BCUT2D eigenvalue weighted by Gasteiger charge is 2.44. The lowest BCUT2D eigenvalue weighted by Gasteiger charge is -2.36. The van der Waals surface area contributed by atoms with E-state index in [2.05, 4.69) is 10.2 Å². The average Bonchev–Trinajstić information content (AvgIpc) is 2.72. The van der Waals surface area contributed by atoms with Crippen molar-refractivity contribution in [1.82, 2.24) is 10.2 Å². The number of rotatable bonds is 1. The van der Waals surface area contributed by atoms with Crippen molar-refractivity contribution in [2.24, 2.45) is 5.73 Å². The molecule has 0 aliphatic heterocycles. The van der Waals surface area contributed by atoms with Gasteiger partial charge < -0.3 is 5.73 Å². The number of hydrogen-bond acceptors (Lipinski definition) is 2. The van der Waals surface area contributed by atoms with E-state index in [1.165, 1.54) is 0 Å². The maximum atomic E-state index is 13.0. The number of nitrogens with two attached hydrogens (primary N) is 1. The number of aromatic nitrogens is 2. The summed E-state index contributed by atoms with van der Waals surface area (Å²) < 4.78 is 63.1. The Bertz CT molecular complexity index is 427. The molecule has 0 unspecified atom stereocenters. The van der Waals surface area contributed by atoms with Crippen LogP contribution in [0.25, 0.3) is 0 Å². The maximum absolute atomic E-state index is 13.0. The van der Waals surface area contributed by atoms with Gasteiger partial charge in [-0.25, -0.2) is 8.78 Å². The number of halogens is 5. The standard InChI is InChI=1S/C10H12F5N3/c11-9(12)3-1-8(16,2-4-9)6-5-7(18-17-6)10(13,14)15/h5H,1-4,16H2,(H,17,18). The molecule has 18 heavy (non-hydrogen) atoms. The van der Waals surface area contributed by atoms with Crippen molar-refractivity contribution >= 4 is 0 Å². The van der Waals surface area contributed by atoms with E-state index in [0.717, 1.165) is 6.07 Å². The molecule has 0 spiro atoms. The Labute approximate surface area is 99.5 Å². The molecule has 3 nitrogen and oxygen atoms in total. The molecule has 0 bridgehead atoms. The maximum Gasteiger partial charge on any atom is 0.435 e. The molecular weight excluding hydrogens is 257 g/mol. The average molecular weight is 269 g/mol. The van der Waals surface area contributed by atoms with Crippen LogP contribution in [0.2, 0.25) is 0 Å². The molecule has 2 rings (SSSR count). The molecule has 0 saturated heterocycles. The molecule has 8 heteroatoms. The van der Waals surface area contributed by atoms with Crippen LogP contribution in [0.1, 0.15) is 37.1 Å². The van der Waals surface area contributed by atoms with Gasteiger partial charge in [0.25, 0.3) is 0 Å². The highest BCUT2D eigenvalue weighted by atomic mass is 19.4. The second-order valence-corrected chi connectivity index (χ2v) is 4.68. The van der Waals surface area contributed by atoms with Gasteiger partial charge in [-0.1, -0.05) is 0 Å². The summed E-state index contributed by atoms with van der Waals surface area (Å²) in [6.45, 7) is 0. The normalized spacial score (nSPS) is 23.0. The van der Waals surface area contributed by atoms with Crippen LogP contribution < -0.4 is 5.73 Å². The third-order valence-corrected chi connectivity index (χ3v) is 3.28. The minimum Gasteiger partial charge on any atom is -0.320 e. The Morgan fingerprint density at radius 1 is 1.17 bits per heavy atom. The van der Waals surface area contributed by atoms with E-state index < -0.39 is 36.2 Å².